The van der Waals surface area contributed by atoms with Crippen molar-refractivity contribution in [2.75, 3.05) is 25.7 Å². The fourth-order valence-corrected chi connectivity index (χ4v) is 5.99. The highest BCUT2D eigenvalue weighted by Gasteiger charge is 2.33. The normalized spacial score (nSPS) is 17.4. The molecule has 0 saturated heterocycles. The Balaban J connectivity index is 1.58. The van der Waals surface area contributed by atoms with Gasteiger partial charge in [-0.25, -0.2) is 5.01 Å². The minimum Gasteiger partial charge on any atom is -0.496 e. The van der Waals surface area contributed by atoms with Crippen LogP contribution in [0.2, 0.25) is 0 Å². The smallest absolute Gasteiger partial charge is 0.127 e. The highest BCUT2D eigenvalue weighted by Crippen LogP contribution is 2.43. The van der Waals surface area contributed by atoms with E-state index in [1.807, 2.05) is 7.11 Å². The van der Waals surface area contributed by atoms with Gasteiger partial charge in [0.1, 0.15) is 5.75 Å². The number of anilines is 1. The number of nitrogens with zero attached hydrogens (tertiary/aromatic N) is 3. The number of aromatic nitrogens is 1. The number of aryl methyl sites for hydroxylation is 4. The predicted molar refractivity (Wildman–Crippen MR) is 141 cm³/mol. The Labute approximate surface area is 204 Å². The molecule has 0 fully saturated rings. The molecule has 0 radical (unpaired) electrons. The second kappa shape index (κ2) is 9.79. The number of hydrazine groups is 1. The molecule has 2 heterocycles. The first-order chi connectivity index (χ1) is 16.7. The molecule has 0 amide bonds. The van der Waals surface area contributed by atoms with Gasteiger partial charge in [-0.15, -0.1) is 0 Å². The van der Waals surface area contributed by atoms with E-state index in [1.165, 1.54) is 45.6 Å². The molecular weight excluding hydrogens is 418 g/mol. The van der Waals surface area contributed by atoms with Crippen molar-refractivity contribution in [1.29, 1.82) is 0 Å². The van der Waals surface area contributed by atoms with Crippen molar-refractivity contribution in [1.82, 2.24) is 9.99 Å². The van der Waals surface area contributed by atoms with Crippen LogP contribution in [0.25, 0.3) is 11.3 Å². The van der Waals surface area contributed by atoms with E-state index in [2.05, 4.69) is 79.4 Å². The van der Waals surface area contributed by atoms with Crippen molar-refractivity contribution in [2.24, 2.45) is 0 Å². The first kappa shape index (κ1) is 22.9. The van der Waals surface area contributed by atoms with Crippen LogP contribution in [0.15, 0.2) is 48.5 Å². The molecule has 5 rings (SSSR count). The van der Waals surface area contributed by atoms with Crippen LogP contribution in [0, 0.1) is 0 Å². The molecule has 0 N–H and O–H groups in total. The number of methoxy groups -OCH3 is 1. The van der Waals surface area contributed by atoms with Crippen molar-refractivity contribution >= 4 is 5.69 Å². The molecule has 3 aromatic rings. The third-order valence-electron chi connectivity index (χ3n) is 7.72. The summed E-state index contributed by atoms with van der Waals surface area (Å²) in [6.07, 6.45) is 7.62. The van der Waals surface area contributed by atoms with E-state index in [0.29, 0.717) is 0 Å². The first-order valence-corrected chi connectivity index (χ1v) is 12.9. The molecule has 34 heavy (non-hydrogen) atoms. The third-order valence-corrected chi connectivity index (χ3v) is 7.72. The van der Waals surface area contributed by atoms with Gasteiger partial charge < -0.3 is 9.75 Å². The van der Waals surface area contributed by atoms with E-state index in [-0.39, 0.29) is 6.04 Å². The monoisotopic (exact) mass is 455 g/mol. The number of hydrogen-bond donors (Lipinski definition) is 0. The average molecular weight is 456 g/mol. The molecule has 0 saturated carbocycles. The SMILES string of the molecule is CCc1cccc(CC)c1-c1cc(OC)c2c(n1)CCCC2N(C)N1CCCc2ccccc21. The summed E-state index contributed by atoms with van der Waals surface area (Å²) in [5, 5.41) is 4.94. The van der Waals surface area contributed by atoms with E-state index in [0.717, 1.165) is 56.5 Å². The number of benzene rings is 2. The second-order valence-electron chi connectivity index (χ2n) is 9.57. The van der Waals surface area contributed by atoms with Gasteiger partial charge in [-0.2, -0.15) is 0 Å². The lowest BCUT2D eigenvalue weighted by molar-refractivity contribution is 0.191. The number of rotatable bonds is 6. The largest absolute Gasteiger partial charge is 0.496 e. The highest BCUT2D eigenvalue weighted by atomic mass is 16.5. The maximum atomic E-state index is 6.07. The van der Waals surface area contributed by atoms with Crippen LogP contribution >= 0.6 is 0 Å². The zero-order chi connectivity index (χ0) is 23.7. The third kappa shape index (κ3) is 3.98. The molecule has 1 atom stereocenters. The molecule has 1 aliphatic heterocycles. The second-order valence-corrected chi connectivity index (χ2v) is 9.57. The summed E-state index contributed by atoms with van der Waals surface area (Å²) in [5.41, 5.74) is 10.4. The maximum absolute atomic E-state index is 6.07. The van der Waals surface area contributed by atoms with Gasteiger partial charge in [-0.3, -0.25) is 4.98 Å². The van der Waals surface area contributed by atoms with E-state index in [1.54, 1.807) is 0 Å². The van der Waals surface area contributed by atoms with E-state index < -0.39 is 0 Å². The van der Waals surface area contributed by atoms with Crippen molar-refractivity contribution in [2.45, 2.75) is 64.8 Å². The molecule has 1 unspecified atom stereocenters. The van der Waals surface area contributed by atoms with Gasteiger partial charge in [0.25, 0.3) is 0 Å². The lowest BCUT2D eigenvalue weighted by Gasteiger charge is -2.44. The van der Waals surface area contributed by atoms with Gasteiger partial charge in [0.15, 0.2) is 0 Å². The van der Waals surface area contributed by atoms with Crippen LogP contribution in [0.3, 0.4) is 0 Å². The summed E-state index contributed by atoms with van der Waals surface area (Å²) in [7, 11) is 4.06. The van der Waals surface area contributed by atoms with Gasteiger partial charge in [0.2, 0.25) is 0 Å². The molecule has 2 aromatic carbocycles. The molecule has 2 aliphatic rings. The predicted octanol–water partition coefficient (Wildman–Crippen LogP) is 6.56. The fraction of sp³-hybridized carbons (Fsp3) is 0.433. The van der Waals surface area contributed by atoms with E-state index in [9.17, 15) is 0 Å². The summed E-state index contributed by atoms with van der Waals surface area (Å²) >= 11 is 0. The molecule has 1 aliphatic carbocycles. The molecule has 1 aromatic heterocycles. The van der Waals surface area contributed by atoms with Gasteiger partial charge in [0, 0.05) is 36.5 Å². The Morgan fingerprint density at radius 2 is 1.76 bits per heavy atom. The summed E-state index contributed by atoms with van der Waals surface area (Å²) in [4.78, 5) is 5.31. The first-order valence-electron chi connectivity index (χ1n) is 12.9. The van der Waals surface area contributed by atoms with Crippen LogP contribution in [0.4, 0.5) is 5.69 Å². The zero-order valence-corrected chi connectivity index (χ0v) is 21.1. The summed E-state index contributed by atoms with van der Waals surface area (Å²) in [5.74, 6) is 0.981. The molecule has 4 nitrogen and oxygen atoms in total. The van der Waals surface area contributed by atoms with Crippen molar-refractivity contribution in [3.8, 4) is 17.0 Å². The Morgan fingerprint density at radius 3 is 2.50 bits per heavy atom. The van der Waals surface area contributed by atoms with Crippen molar-refractivity contribution in [3.05, 3.63) is 76.5 Å². The number of hydrogen-bond acceptors (Lipinski definition) is 4. The maximum Gasteiger partial charge on any atom is 0.127 e. The number of pyridine rings is 1. The van der Waals surface area contributed by atoms with Crippen molar-refractivity contribution < 1.29 is 4.74 Å². The van der Waals surface area contributed by atoms with Crippen LogP contribution in [0.5, 0.6) is 5.75 Å². The minimum absolute atomic E-state index is 0.262. The zero-order valence-electron chi connectivity index (χ0n) is 21.1. The Morgan fingerprint density at radius 1 is 1.00 bits per heavy atom. The summed E-state index contributed by atoms with van der Waals surface area (Å²) < 4.78 is 6.07. The molecule has 0 spiro atoms. The Kier molecular flexibility index (Phi) is 6.60. The fourth-order valence-electron chi connectivity index (χ4n) is 5.99. The lowest BCUT2D eigenvalue weighted by atomic mass is 9.88. The molecule has 0 bridgehead atoms. The van der Waals surface area contributed by atoms with Gasteiger partial charge in [-0.1, -0.05) is 50.2 Å². The van der Waals surface area contributed by atoms with Crippen LogP contribution in [-0.2, 0) is 25.7 Å². The van der Waals surface area contributed by atoms with Crippen LogP contribution < -0.4 is 9.75 Å². The molecular formula is C30H37N3O. The van der Waals surface area contributed by atoms with E-state index >= 15 is 0 Å². The number of para-hydroxylation sites is 1. The van der Waals surface area contributed by atoms with Gasteiger partial charge in [0.05, 0.1) is 24.5 Å². The average Bonchev–Trinajstić information content (AvgIpc) is 2.90. The van der Waals surface area contributed by atoms with Crippen molar-refractivity contribution in [3.63, 3.8) is 0 Å². The summed E-state index contributed by atoms with van der Waals surface area (Å²) in [6, 6.07) is 18.0. The van der Waals surface area contributed by atoms with E-state index in [4.69, 9.17) is 9.72 Å². The molecule has 4 heteroatoms. The number of ether oxygens (including phenoxy) is 1. The summed E-state index contributed by atoms with van der Waals surface area (Å²) in [6.45, 7) is 5.52. The Hall–Kier alpha value is -2.85. The molecule has 178 valence electrons. The topological polar surface area (TPSA) is 28.6 Å². The number of fused-ring (bicyclic) bond motifs is 2. The van der Waals surface area contributed by atoms with Crippen LogP contribution in [-0.4, -0.2) is 30.7 Å². The minimum atomic E-state index is 0.262. The van der Waals surface area contributed by atoms with Gasteiger partial charge >= 0.3 is 0 Å². The highest BCUT2D eigenvalue weighted by molar-refractivity contribution is 5.70. The van der Waals surface area contributed by atoms with Crippen LogP contribution in [0.1, 0.15) is 67.1 Å². The lowest BCUT2D eigenvalue weighted by Crippen LogP contribution is -2.46. The quantitative estimate of drug-likeness (QED) is 0.421. The van der Waals surface area contributed by atoms with Gasteiger partial charge in [-0.05, 0) is 67.7 Å². The standard InChI is InChI=1S/C30H37N3O/c1-5-21-13-9-14-22(6-2)29(21)25-20-28(34-4)30-24(31-25)16-10-18-27(30)32(3)33-19-11-15-23-12-7-8-17-26(23)33/h7-9,12-14,17,20,27H,5-6,10-11,15-16,18-19H2,1-4H3. The Bertz CT molecular complexity index is 1130.